The number of fused-ring (bicyclic) bond motifs is 1. The molecule has 1 saturated heterocycles. The molecule has 0 saturated carbocycles. The highest BCUT2D eigenvalue weighted by atomic mass is 35.5. The molecule has 7 heteroatoms. The first-order valence-electron chi connectivity index (χ1n) is 9.68. The molecule has 2 aliphatic rings. The molecule has 0 spiro atoms. The van der Waals surface area contributed by atoms with Gasteiger partial charge >= 0.3 is 0 Å². The Hall–Kier alpha value is -2.41. The molecule has 2 unspecified atom stereocenters. The van der Waals surface area contributed by atoms with E-state index in [2.05, 4.69) is 10.6 Å². The van der Waals surface area contributed by atoms with E-state index in [9.17, 15) is 14.7 Å². The Balaban J connectivity index is 2.10. The third-order valence-electron chi connectivity index (χ3n) is 6.57. The van der Waals surface area contributed by atoms with Gasteiger partial charge in [-0.15, -0.1) is 0 Å². The number of likely N-dealkylation sites (tertiary alicyclic amines) is 1. The summed E-state index contributed by atoms with van der Waals surface area (Å²) in [5.41, 5.74) is 1.95. The van der Waals surface area contributed by atoms with Gasteiger partial charge in [-0.2, -0.15) is 0 Å². The molecule has 0 radical (unpaired) electrons. The van der Waals surface area contributed by atoms with Crippen LogP contribution in [0.15, 0.2) is 42.5 Å². The largest absolute Gasteiger partial charge is 0.387 e. The number of rotatable bonds is 3. The minimum absolute atomic E-state index is 0.0396. The van der Waals surface area contributed by atoms with Gasteiger partial charge in [-0.1, -0.05) is 35.9 Å². The number of hydrogen-bond donors (Lipinski definition) is 3. The Kier molecular flexibility index (Phi) is 4.69. The number of nitrogens with zero attached hydrogens (tertiary/aromatic N) is 1. The van der Waals surface area contributed by atoms with Crippen molar-refractivity contribution in [2.24, 2.45) is 0 Å². The number of aliphatic hydroxyl groups excluding tert-OH is 1. The van der Waals surface area contributed by atoms with Crippen LogP contribution >= 0.6 is 11.6 Å². The second-order valence-electron chi connectivity index (χ2n) is 8.14. The van der Waals surface area contributed by atoms with Gasteiger partial charge < -0.3 is 15.7 Å². The molecule has 0 aliphatic carbocycles. The van der Waals surface area contributed by atoms with E-state index in [1.54, 1.807) is 25.2 Å². The van der Waals surface area contributed by atoms with Crippen LogP contribution in [0.5, 0.6) is 0 Å². The molecule has 2 heterocycles. The molecule has 2 aromatic carbocycles. The molecule has 2 aliphatic heterocycles. The topological polar surface area (TPSA) is 78.4 Å². The summed E-state index contributed by atoms with van der Waals surface area (Å²) in [5, 5.41) is 16.8. The SMILES string of the molecule is CNC(=O)[C@@H]1C[C@@H](O)C[N+]1(C)C1(c2ccccc2C)C(=O)Nc2ccc(Cl)cc21. The third kappa shape index (κ3) is 2.63. The average molecular weight is 415 g/mol. The zero-order valence-corrected chi connectivity index (χ0v) is 17.5. The lowest BCUT2D eigenvalue weighted by atomic mass is 9.77. The molecule has 2 amide bonds. The van der Waals surface area contributed by atoms with Crippen LogP contribution in [0, 0.1) is 6.92 Å². The summed E-state index contributed by atoms with van der Waals surface area (Å²) in [5.74, 6) is -0.408. The van der Waals surface area contributed by atoms with Gasteiger partial charge in [0.15, 0.2) is 6.04 Å². The van der Waals surface area contributed by atoms with Crippen molar-refractivity contribution in [2.75, 3.05) is 26.0 Å². The number of halogens is 1. The monoisotopic (exact) mass is 414 g/mol. The van der Waals surface area contributed by atoms with Crippen LogP contribution in [0.25, 0.3) is 0 Å². The summed E-state index contributed by atoms with van der Waals surface area (Å²) in [6, 6.07) is 12.5. The molecule has 29 heavy (non-hydrogen) atoms. The van der Waals surface area contributed by atoms with Crippen molar-refractivity contribution in [2.45, 2.75) is 31.0 Å². The summed E-state index contributed by atoms with van der Waals surface area (Å²) < 4.78 is 0.0396. The lowest BCUT2D eigenvalue weighted by molar-refractivity contribution is -0.953. The van der Waals surface area contributed by atoms with Crippen molar-refractivity contribution in [1.29, 1.82) is 0 Å². The number of carbonyl (C=O) groups is 2. The smallest absolute Gasteiger partial charge is 0.295 e. The number of benzene rings is 2. The number of anilines is 1. The summed E-state index contributed by atoms with van der Waals surface area (Å²) >= 11 is 6.36. The Morgan fingerprint density at radius 1 is 1.28 bits per heavy atom. The minimum atomic E-state index is -1.21. The number of carbonyl (C=O) groups excluding carboxylic acids is 2. The molecular formula is C22H25ClN3O3+. The number of aliphatic hydroxyl groups is 1. The number of likely N-dealkylation sites (N-methyl/N-ethyl adjacent to an activating group) is 2. The van der Waals surface area contributed by atoms with Gasteiger partial charge in [-0.05, 0) is 30.7 Å². The van der Waals surface area contributed by atoms with Crippen molar-refractivity contribution in [3.63, 3.8) is 0 Å². The molecule has 1 fully saturated rings. The first-order chi connectivity index (χ1) is 13.8. The summed E-state index contributed by atoms with van der Waals surface area (Å²) in [7, 11) is 3.47. The van der Waals surface area contributed by atoms with Gasteiger partial charge in [-0.25, -0.2) is 0 Å². The Morgan fingerprint density at radius 2 is 2.00 bits per heavy atom. The van der Waals surface area contributed by atoms with Crippen LogP contribution in [0.4, 0.5) is 5.69 Å². The van der Waals surface area contributed by atoms with Gasteiger partial charge in [0.2, 0.25) is 5.54 Å². The molecule has 3 N–H and O–H groups in total. The van der Waals surface area contributed by atoms with Crippen LogP contribution in [0.3, 0.4) is 0 Å². The fraction of sp³-hybridized carbons (Fsp3) is 0.364. The number of quaternary nitrogens is 1. The van der Waals surface area contributed by atoms with Crippen LogP contribution in [-0.2, 0) is 15.1 Å². The van der Waals surface area contributed by atoms with Crippen LogP contribution in [0.1, 0.15) is 23.1 Å². The second-order valence-corrected chi connectivity index (χ2v) is 8.58. The number of hydrogen-bond acceptors (Lipinski definition) is 3. The maximum Gasteiger partial charge on any atom is 0.295 e. The van der Waals surface area contributed by atoms with E-state index < -0.39 is 17.7 Å². The Labute approximate surface area is 175 Å². The van der Waals surface area contributed by atoms with Gasteiger partial charge in [0, 0.05) is 24.1 Å². The lowest BCUT2D eigenvalue weighted by Crippen LogP contribution is -2.68. The van der Waals surface area contributed by atoms with Crippen molar-refractivity contribution in [1.82, 2.24) is 5.32 Å². The molecule has 4 atom stereocenters. The first-order valence-corrected chi connectivity index (χ1v) is 10.1. The maximum atomic E-state index is 13.8. The summed E-state index contributed by atoms with van der Waals surface area (Å²) in [6.07, 6.45) is -0.410. The van der Waals surface area contributed by atoms with Crippen LogP contribution < -0.4 is 10.6 Å². The standard InChI is InChI=1S/C22H24ClN3O3/c1-13-6-4-5-7-16(13)22(17-10-14(23)8-9-18(17)25-21(22)29)26(3)12-15(27)11-19(26)20(28)24-2/h4-10,15,19,27H,11-12H2,1-3H3,(H-,24,25,28,29)/p+1/t15-,19+,22?,26?/m1/s1. The van der Waals surface area contributed by atoms with Crippen molar-refractivity contribution in [3.8, 4) is 0 Å². The van der Waals surface area contributed by atoms with E-state index in [1.165, 1.54) is 0 Å². The van der Waals surface area contributed by atoms with E-state index in [1.807, 2.05) is 38.2 Å². The zero-order valence-electron chi connectivity index (χ0n) is 16.7. The fourth-order valence-electron chi connectivity index (χ4n) is 5.32. The molecule has 152 valence electrons. The molecule has 6 nitrogen and oxygen atoms in total. The maximum absolute atomic E-state index is 13.8. The van der Waals surface area contributed by atoms with Gasteiger partial charge in [0.05, 0.1) is 18.3 Å². The van der Waals surface area contributed by atoms with E-state index in [4.69, 9.17) is 11.6 Å². The quantitative estimate of drug-likeness (QED) is 0.673. The van der Waals surface area contributed by atoms with Crippen molar-refractivity contribution in [3.05, 3.63) is 64.2 Å². The van der Waals surface area contributed by atoms with Crippen molar-refractivity contribution < 1.29 is 19.2 Å². The molecule has 4 rings (SSSR count). The predicted octanol–water partition coefficient (Wildman–Crippen LogP) is 2.17. The van der Waals surface area contributed by atoms with E-state index in [-0.39, 0.29) is 29.3 Å². The number of amides is 2. The Morgan fingerprint density at radius 3 is 2.69 bits per heavy atom. The van der Waals surface area contributed by atoms with Crippen LogP contribution in [0.2, 0.25) is 5.02 Å². The van der Waals surface area contributed by atoms with Gasteiger partial charge in [0.1, 0.15) is 12.6 Å². The molecule has 2 aromatic rings. The van der Waals surface area contributed by atoms with E-state index in [0.717, 1.165) is 16.7 Å². The third-order valence-corrected chi connectivity index (χ3v) is 6.81. The van der Waals surface area contributed by atoms with E-state index >= 15 is 0 Å². The minimum Gasteiger partial charge on any atom is -0.387 e. The molecular weight excluding hydrogens is 390 g/mol. The average Bonchev–Trinajstić information content (AvgIpc) is 3.15. The number of aryl methyl sites for hydroxylation is 1. The van der Waals surface area contributed by atoms with Crippen LogP contribution in [-0.4, -0.2) is 54.2 Å². The highest BCUT2D eigenvalue weighted by Crippen LogP contribution is 2.53. The second kappa shape index (κ2) is 6.83. The fourth-order valence-corrected chi connectivity index (χ4v) is 5.49. The normalized spacial score (nSPS) is 30.7. The summed E-state index contributed by atoms with van der Waals surface area (Å²) in [4.78, 5) is 26.7. The van der Waals surface area contributed by atoms with Gasteiger partial charge in [-0.3, -0.25) is 14.1 Å². The highest BCUT2D eigenvalue weighted by molar-refractivity contribution is 6.31. The zero-order chi connectivity index (χ0) is 21.0. The van der Waals surface area contributed by atoms with Crippen molar-refractivity contribution >= 4 is 29.1 Å². The van der Waals surface area contributed by atoms with Gasteiger partial charge in [0.25, 0.3) is 11.8 Å². The number of nitrogens with one attached hydrogen (secondary N) is 2. The Bertz CT molecular complexity index is 1010. The summed E-state index contributed by atoms with van der Waals surface area (Å²) in [6.45, 7) is 2.23. The molecule has 0 aromatic heterocycles. The van der Waals surface area contributed by atoms with E-state index in [0.29, 0.717) is 10.7 Å². The highest BCUT2D eigenvalue weighted by Gasteiger charge is 2.68. The predicted molar refractivity (Wildman–Crippen MR) is 112 cm³/mol. The first kappa shape index (κ1) is 19.9. The molecule has 0 bridgehead atoms. The lowest BCUT2D eigenvalue weighted by Gasteiger charge is -2.48.